The number of carboxylic acid groups (broad SMARTS) is 1. The lowest BCUT2D eigenvalue weighted by Crippen LogP contribution is -2.19. The fourth-order valence-corrected chi connectivity index (χ4v) is 2.46. The number of benzene rings is 2. The molecule has 1 unspecified atom stereocenters. The molecule has 2 rings (SSSR count). The number of halogens is 1. The van der Waals surface area contributed by atoms with Crippen LogP contribution in [0.2, 0.25) is 5.02 Å². The van der Waals surface area contributed by atoms with Crippen LogP contribution in [-0.4, -0.2) is 23.7 Å². The van der Waals surface area contributed by atoms with Crippen LogP contribution in [0.15, 0.2) is 42.5 Å². The van der Waals surface area contributed by atoms with Crippen LogP contribution in [0.25, 0.3) is 0 Å². The number of rotatable bonds is 7. The van der Waals surface area contributed by atoms with E-state index >= 15 is 0 Å². The minimum atomic E-state index is -1.23. The van der Waals surface area contributed by atoms with Crippen molar-refractivity contribution in [2.75, 3.05) is 6.61 Å². The minimum Gasteiger partial charge on any atom is -0.482 e. The molecule has 6 heteroatoms. The molecule has 1 atom stereocenters. The molecule has 132 valence electrons. The number of para-hydroxylation sites is 1. The predicted molar refractivity (Wildman–Crippen MR) is 94.7 cm³/mol. The highest BCUT2D eigenvalue weighted by Crippen LogP contribution is 2.28. The van der Waals surface area contributed by atoms with Gasteiger partial charge in [0.15, 0.2) is 6.61 Å². The second-order valence-electron chi connectivity index (χ2n) is 5.56. The first-order valence-electron chi connectivity index (χ1n) is 7.87. The van der Waals surface area contributed by atoms with Crippen LogP contribution in [0.4, 0.5) is 0 Å². The summed E-state index contributed by atoms with van der Waals surface area (Å²) in [4.78, 5) is 23.2. The Morgan fingerprint density at radius 1 is 1.16 bits per heavy atom. The number of hydrogen-bond acceptors (Lipinski definition) is 4. The first kappa shape index (κ1) is 18.8. The second kappa shape index (κ2) is 8.53. The van der Waals surface area contributed by atoms with Crippen molar-refractivity contribution in [2.24, 2.45) is 0 Å². The fourth-order valence-electron chi connectivity index (χ4n) is 2.29. The van der Waals surface area contributed by atoms with Crippen LogP contribution in [0.5, 0.6) is 11.5 Å². The maximum absolute atomic E-state index is 12.0. The van der Waals surface area contributed by atoms with Gasteiger partial charge in [0.05, 0.1) is 0 Å². The summed E-state index contributed by atoms with van der Waals surface area (Å²) in [6, 6.07) is 11.5. The van der Waals surface area contributed by atoms with E-state index in [9.17, 15) is 9.59 Å². The lowest BCUT2D eigenvalue weighted by atomic mass is 9.98. The lowest BCUT2D eigenvalue weighted by Gasteiger charge is -2.15. The Labute approximate surface area is 151 Å². The molecule has 5 nitrogen and oxygen atoms in total. The van der Waals surface area contributed by atoms with Crippen LogP contribution in [-0.2, 0) is 4.79 Å². The first-order chi connectivity index (χ1) is 11.9. The molecule has 0 aromatic heterocycles. The summed E-state index contributed by atoms with van der Waals surface area (Å²) in [7, 11) is 0. The topological polar surface area (TPSA) is 72.8 Å². The molecule has 0 spiro atoms. The summed E-state index contributed by atoms with van der Waals surface area (Å²) in [6.07, 6.45) is 0.942. The Balaban J connectivity index is 2.07. The third kappa shape index (κ3) is 4.97. The maximum atomic E-state index is 12.0. The Morgan fingerprint density at radius 3 is 2.56 bits per heavy atom. The van der Waals surface area contributed by atoms with Crippen molar-refractivity contribution in [3.8, 4) is 11.5 Å². The molecule has 0 radical (unpaired) electrons. The zero-order chi connectivity index (χ0) is 18.4. The van der Waals surface area contributed by atoms with Gasteiger partial charge in [-0.05, 0) is 42.2 Å². The zero-order valence-corrected chi connectivity index (χ0v) is 14.7. The summed E-state index contributed by atoms with van der Waals surface area (Å²) in [5, 5.41) is 9.40. The van der Waals surface area contributed by atoms with Crippen LogP contribution >= 0.6 is 11.6 Å². The number of carboxylic acids is 1. The lowest BCUT2D eigenvalue weighted by molar-refractivity contribution is -0.136. The van der Waals surface area contributed by atoms with Crippen LogP contribution < -0.4 is 9.47 Å². The average Bonchev–Trinajstić information content (AvgIpc) is 2.61. The quantitative estimate of drug-likeness (QED) is 0.578. The second-order valence-corrected chi connectivity index (χ2v) is 5.99. The Bertz CT molecular complexity index is 772. The summed E-state index contributed by atoms with van der Waals surface area (Å²) >= 11 is 5.77. The van der Waals surface area contributed by atoms with E-state index in [1.807, 2.05) is 18.2 Å². The SMILES string of the molecule is CCC(C)c1ccccc1OCC(=O)Oc1ccc(Cl)cc1C(=O)O. The van der Waals surface area contributed by atoms with Crippen molar-refractivity contribution in [1.82, 2.24) is 0 Å². The maximum Gasteiger partial charge on any atom is 0.349 e. The van der Waals surface area contributed by atoms with E-state index in [0.717, 1.165) is 12.0 Å². The molecule has 2 aromatic rings. The summed E-state index contributed by atoms with van der Waals surface area (Å²) in [5.74, 6) is -1.08. The molecule has 0 aliphatic rings. The number of carbonyl (C=O) groups is 2. The molecule has 0 fully saturated rings. The minimum absolute atomic E-state index is 0.0688. The van der Waals surface area contributed by atoms with Gasteiger partial charge in [-0.25, -0.2) is 9.59 Å². The number of hydrogen-bond donors (Lipinski definition) is 1. The van der Waals surface area contributed by atoms with Crippen molar-refractivity contribution in [3.05, 3.63) is 58.6 Å². The van der Waals surface area contributed by atoms with Crippen molar-refractivity contribution in [2.45, 2.75) is 26.2 Å². The van der Waals surface area contributed by atoms with E-state index in [0.29, 0.717) is 11.7 Å². The van der Waals surface area contributed by atoms with Crippen molar-refractivity contribution >= 4 is 23.5 Å². The van der Waals surface area contributed by atoms with Crippen molar-refractivity contribution < 1.29 is 24.2 Å². The number of aromatic carboxylic acids is 1. The van der Waals surface area contributed by atoms with Crippen molar-refractivity contribution in [3.63, 3.8) is 0 Å². The van der Waals surface area contributed by atoms with E-state index in [4.69, 9.17) is 26.2 Å². The van der Waals surface area contributed by atoms with E-state index in [1.54, 1.807) is 6.07 Å². The van der Waals surface area contributed by atoms with E-state index in [-0.39, 0.29) is 22.9 Å². The van der Waals surface area contributed by atoms with Gasteiger partial charge in [0.25, 0.3) is 0 Å². The molecule has 1 N–H and O–H groups in total. The number of esters is 1. The molecule has 0 aliphatic heterocycles. The van der Waals surface area contributed by atoms with Gasteiger partial charge < -0.3 is 14.6 Å². The smallest absolute Gasteiger partial charge is 0.349 e. The number of carbonyl (C=O) groups excluding carboxylic acids is 1. The molecule has 25 heavy (non-hydrogen) atoms. The number of ether oxygens (including phenoxy) is 2. The third-order valence-electron chi connectivity index (χ3n) is 3.80. The van der Waals surface area contributed by atoms with Gasteiger partial charge in [0.1, 0.15) is 17.1 Å². The Kier molecular flexibility index (Phi) is 6.42. The van der Waals surface area contributed by atoms with E-state index < -0.39 is 11.9 Å². The predicted octanol–water partition coefficient (Wildman–Crippen LogP) is 4.54. The highest BCUT2D eigenvalue weighted by molar-refractivity contribution is 6.31. The summed E-state index contributed by atoms with van der Waals surface area (Å²) < 4.78 is 10.7. The third-order valence-corrected chi connectivity index (χ3v) is 4.04. The fraction of sp³-hybridized carbons (Fsp3) is 0.263. The standard InChI is InChI=1S/C19H19ClO5/c1-3-12(2)14-6-4-5-7-16(14)24-11-18(21)25-17-9-8-13(20)10-15(17)19(22)23/h4-10,12H,3,11H2,1-2H3,(H,22,23). The van der Waals surface area contributed by atoms with Gasteiger partial charge in [-0.3, -0.25) is 0 Å². The summed E-state index contributed by atoms with van der Waals surface area (Å²) in [5.41, 5.74) is 0.830. The Hall–Kier alpha value is -2.53. The average molecular weight is 363 g/mol. The normalized spacial score (nSPS) is 11.6. The van der Waals surface area contributed by atoms with Gasteiger partial charge in [0, 0.05) is 5.02 Å². The van der Waals surface area contributed by atoms with Gasteiger partial charge in [0.2, 0.25) is 0 Å². The molecule has 0 saturated carbocycles. The Morgan fingerprint density at radius 2 is 1.88 bits per heavy atom. The molecule has 2 aromatic carbocycles. The van der Waals surface area contributed by atoms with E-state index in [2.05, 4.69) is 13.8 Å². The van der Waals surface area contributed by atoms with Gasteiger partial charge in [-0.15, -0.1) is 0 Å². The van der Waals surface area contributed by atoms with Gasteiger partial charge >= 0.3 is 11.9 Å². The van der Waals surface area contributed by atoms with Gasteiger partial charge in [-0.2, -0.15) is 0 Å². The molecular formula is C19H19ClO5. The monoisotopic (exact) mass is 362 g/mol. The van der Waals surface area contributed by atoms with Gasteiger partial charge in [-0.1, -0.05) is 43.6 Å². The highest BCUT2D eigenvalue weighted by atomic mass is 35.5. The molecule has 0 bridgehead atoms. The highest BCUT2D eigenvalue weighted by Gasteiger charge is 2.17. The van der Waals surface area contributed by atoms with E-state index in [1.165, 1.54) is 18.2 Å². The largest absolute Gasteiger partial charge is 0.482 e. The zero-order valence-electron chi connectivity index (χ0n) is 14.0. The molecule has 0 amide bonds. The first-order valence-corrected chi connectivity index (χ1v) is 8.25. The molecular weight excluding hydrogens is 344 g/mol. The van der Waals surface area contributed by atoms with Crippen molar-refractivity contribution in [1.29, 1.82) is 0 Å². The summed E-state index contributed by atoms with van der Waals surface area (Å²) in [6.45, 7) is 3.83. The van der Waals surface area contributed by atoms with Crippen LogP contribution in [0.1, 0.15) is 42.1 Å². The van der Waals surface area contributed by atoms with Crippen LogP contribution in [0, 0.1) is 0 Å². The molecule has 0 aliphatic carbocycles. The molecule has 0 saturated heterocycles. The van der Waals surface area contributed by atoms with Crippen LogP contribution in [0.3, 0.4) is 0 Å². The molecule has 0 heterocycles.